The molecule has 0 bridgehead atoms. The Morgan fingerprint density at radius 1 is 0.900 bits per heavy atom. The lowest BCUT2D eigenvalue weighted by atomic mass is 9.97. The van der Waals surface area contributed by atoms with E-state index in [4.69, 9.17) is 9.47 Å². The van der Waals surface area contributed by atoms with Crippen LogP contribution in [0, 0.1) is 5.41 Å². The van der Waals surface area contributed by atoms with Crippen LogP contribution in [-0.2, 0) is 20.9 Å². The van der Waals surface area contributed by atoms with Crippen LogP contribution in [0.5, 0.6) is 0 Å². The van der Waals surface area contributed by atoms with Crippen LogP contribution in [0.15, 0.2) is 67.3 Å². The molecule has 0 atom stereocenters. The Labute approximate surface area is 176 Å². The standard InChI is InChI=1S/C24H26N2O4/c1-24(2,16-27)17-29-15-23(28)30-14-18-11-21(19-3-7-25-8-4-19)13-22(12-18)20-5-9-26-10-6-20/h3-13,27H,14-17H2,1-2H3. The highest BCUT2D eigenvalue weighted by atomic mass is 16.6. The molecule has 0 amide bonds. The fraction of sp³-hybridized carbons (Fsp3) is 0.292. The van der Waals surface area contributed by atoms with E-state index in [9.17, 15) is 9.90 Å². The van der Waals surface area contributed by atoms with Crippen LogP contribution in [0.2, 0.25) is 0 Å². The van der Waals surface area contributed by atoms with Gasteiger partial charge in [0.25, 0.3) is 0 Å². The van der Waals surface area contributed by atoms with Crippen LogP contribution in [0.1, 0.15) is 19.4 Å². The van der Waals surface area contributed by atoms with E-state index in [1.165, 1.54) is 0 Å². The third-order valence-electron chi connectivity index (χ3n) is 4.56. The lowest BCUT2D eigenvalue weighted by Crippen LogP contribution is -2.25. The molecule has 0 saturated heterocycles. The Bertz CT molecular complexity index is 902. The van der Waals surface area contributed by atoms with Crippen molar-refractivity contribution in [2.75, 3.05) is 19.8 Å². The van der Waals surface area contributed by atoms with E-state index in [1.807, 2.05) is 50.2 Å². The zero-order valence-electron chi connectivity index (χ0n) is 17.2. The van der Waals surface area contributed by atoms with E-state index in [1.54, 1.807) is 24.8 Å². The number of hydrogen-bond donors (Lipinski definition) is 1. The van der Waals surface area contributed by atoms with Gasteiger partial charge in [0, 0.05) is 30.2 Å². The van der Waals surface area contributed by atoms with E-state index < -0.39 is 11.4 Å². The predicted octanol–water partition coefficient (Wildman–Crippen LogP) is 3.89. The molecule has 0 aliphatic rings. The number of nitrogens with zero attached hydrogens (tertiary/aromatic N) is 2. The molecule has 3 rings (SSSR count). The average Bonchev–Trinajstić information content (AvgIpc) is 2.78. The molecule has 2 heterocycles. The molecule has 0 saturated carbocycles. The highest BCUT2D eigenvalue weighted by Crippen LogP contribution is 2.28. The number of rotatable bonds is 9. The number of carbonyl (C=O) groups is 1. The molecule has 0 spiro atoms. The molecular formula is C24H26N2O4. The summed E-state index contributed by atoms with van der Waals surface area (Å²) < 4.78 is 10.8. The van der Waals surface area contributed by atoms with Crippen molar-refractivity contribution in [3.63, 3.8) is 0 Å². The normalized spacial score (nSPS) is 11.3. The predicted molar refractivity (Wildman–Crippen MR) is 114 cm³/mol. The third kappa shape index (κ3) is 6.20. The van der Waals surface area contributed by atoms with E-state index >= 15 is 0 Å². The largest absolute Gasteiger partial charge is 0.459 e. The minimum absolute atomic E-state index is 0.0123. The Morgan fingerprint density at radius 2 is 1.43 bits per heavy atom. The van der Waals surface area contributed by atoms with Gasteiger partial charge in [-0.15, -0.1) is 0 Å². The van der Waals surface area contributed by atoms with Gasteiger partial charge in [-0.2, -0.15) is 0 Å². The Balaban J connectivity index is 1.73. The van der Waals surface area contributed by atoms with Crippen molar-refractivity contribution in [1.29, 1.82) is 0 Å². The molecule has 2 aromatic heterocycles. The van der Waals surface area contributed by atoms with Gasteiger partial charge in [-0.1, -0.05) is 13.8 Å². The SMILES string of the molecule is CC(C)(CO)COCC(=O)OCc1cc(-c2ccncc2)cc(-c2ccncc2)c1. The number of aromatic nitrogens is 2. The van der Waals surface area contributed by atoms with Crippen molar-refractivity contribution in [1.82, 2.24) is 9.97 Å². The van der Waals surface area contributed by atoms with Crippen LogP contribution in [0.3, 0.4) is 0 Å². The van der Waals surface area contributed by atoms with Crippen LogP contribution in [0.25, 0.3) is 22.3 Å². The first-order valence-electron chi connectivity index (χ1n) is 9.76. The number of hydrogen-bond acceptors (Lipinski definition) is 6. The molecule has 30 heavy (non-hydrogen) atoms. The molecule has 0 radical (unpaired) electrons. The fourth-order valence-electron chi connectivity index (χ4n) is 2.86. The van der Waals surface area contributed by atoms with E-state index in [-0.39, 0.29) is 26.4 Å². The zero-order chi connectivity index (χ0) is 21.4. The van der Waals surface area contributed by atoms with E-state index in [0.29, 0.717) is 0 Å². The summed E-state index contributed by atoms with van der Waals surface area (Å²) in [4.78, 5) is 20.2. The molecule has 0 aliphatic carbocycles. The first-order chi connectivity index (χ1) is 14.5. The quantitative estimate of drug-likeness (QED) is 0.543. The summed E-state index contributed by atoms with van der Waals surface area (Å²) in [6.07, 6.45) is 7.00. The maximum atomic E-state index is 12.1. The van der Waals surface area contributed by atoms with Crippen LogP contribution < -0.4 is 0 Å². The topological polar surface area (TPSA) is 81.5 Å². The Hall–Kier alpha value is -3.09. The number of esters is 1. The summed E-state index contributed by atoms with van der Waals surface area (Å²) in [5.41, 5.74) is 4.57. The van der Waals surface area contributed by atoms with Crippen molar-refractivity contribution in [2.45, 2.75) is 20.5 Å². The van der Waals surface area contributed by atoms with Gasteiger partial charge in [0.2, 0.25) is 0 Å². The highest BCUT2D eigenvalue weighted by Gasteiger charge is 2.17. The molecule has 3 aromatic rings. The summed E-state index contributed by atoms with van der Waals surface area (Å²) in [7, 11) is 0. The summed E-state index contributed by atoms with van der Waals surface area (Å²) in [6.45, 7) is 3.99. The van der Waals surface area contributed by atoms with E-state index in [0.717, 1.165) is 27.8 Å². The average molecular weight is 406 g/mol. The second-order valence-corrected chi connectivity index (χ2v) is 7.87. The number of aliphatic hydroxyl groups excluding tert-OH is 1. The van der Waals surface area contributed by atoms with Crippen molar-refractivity contribution in [3.8, 4) is 22.3 Å². The van der Waals surface area contributed by atoms with Gasteiger partial charge in [-0.3, -0.25) is 9.97 Å². The molecule has 1 N–H and O–H groups in total. The summed E-state index contributed by atoms with van der Waals surface area (Å²) in [5, 5.41) is 9.25. The van der Waals surface area contributed by atoms with Gasteiger partial charge in [0.15, 0.2) is 0 Å². The third-order valence-corrected chi connectivity index (χ3v) is 4.56. The zero-order valence-corrected chi connectivity index (χ0v) is 17.2. The Morgan fingerprint density at radius 3 is 1.93 bits per heavy atom. The molecule has 0 unspecified atom stereocenters. The van der Waals surface area contributed by atoms with E-state index in [2.05, 4.69) is 16.0 Å². The monoisotopic (exact) mass is 406 g/mol. The van der Waals surface area contributed by atoms with Crippen LogP contribution in [-0.4, -0.2) is 40.9 Å². The van der Waals surface area contributed by atoms with Gasteiger partial charge in [0.1, 0.15) is 13.2 Å². The van der Waals surface area contributed by atoms with Gasteiger partial charge in [-0.05, 0) is 70.3 Å². The highest BCUT2D eigenvalue weighted by molar-refractivity contribution is 5.74. The van der Waals surface area contributed by atoms with Crippen molar-refractivity contribution >= 4 is 5.97 Å². The summed E-state index contributed by atoms with van der Waals surface area (Å²) >= 11 is 0. The number of carbonyl (C=O) groups excluding carboxylic acids is 1. The summed E-state index contributed by atoms with van der Waals surface area (Å²) in [6, 6.07) is 13.9. The van der Waals surface area contributed by atoms with Gasteiger partial charge >= 0.3 is 5.97 Å². The second-order valence-electron chi connectivity index (χ2n) is 7.87. The van der Waals surface area contributed by atoms with Gasteiger partial charge in [-0.25, -0.2) is 4.79 Å². The smallest absolute Gasteiger partial charge is 0.332 e. The molecular weight excluding hydrogens is 380 g/mol. The maximum absolute atomic E-state index is 12.1. The lowest BCUT2D eigenvalue weighted by molar-refractivity contribution is -0.151. The first kappa shape index (κ1) is 21.6. The molecule has 1 aromatic carbocycles. The minimum Gasteiger partial charge on any atom is -0.459 e. The number of ether oxygens (including phenoxy) is 2. The van der Waals surface area contributed by atoms with Crippen molar-refractivity contribution in [3.05, 3.63) is 72.8 Å². The van der Waals surface area contributed by atoms with Crippen molar-refractivity contribution < 1.29 is 19.4 Å². The molecule has 6 nitrogen and oxygen atoms in total. The van der Waals surface area contributed by atoms with Crippen molar-refractivity contribution in [2.24, 2.45) is 5.41 Å². The molecule has 0 fully saturated rings. The lowest BCUT2D eigenvalue weighted by Gasteiger charge is -2.20. The Kier molecular flexibility index (Phi) is 7.27. The molecule has 156 valence electrons. The second kappa shape index (κ2) is 10.1. The number of aliphatic hydroxyl groups is 1. The molecule has 6 heteroatoms. The summed E-state index contributed by atoms with van der Waals surface area (Å²) in [5.74, 6) is -0.441. The number of benzene rings is 1. The maximum Gasteiger partial charge on any atom is 0.332 e. The number of pyridine rings is 2. The molecule has 0 aliphatic heterocycles. The minimum atomic E-state index is -0.441. The van der Waals surface area contributed by atoms with Gasteiger partial charge in [0.05, 0.1) is 13.2 Å². The van der Waals surface area contributed by atoms with Crippen LogP contribution >= 0.6 is 0 Å². The van der Waals surface area contributed by atoms with Gasteiger partial charge < -0.3 is 14.6 Å². The first-order valence-corrected chi connectivity index (χ1v) is 9.76. The van der Waals surface area contributed by atoms with Crippen LogP contribution in [0.4, 0.5) is 0 Å². The fourth-order valence-corrected chi connectivity index (χ4v) is 2.86.